The van der Waals surface area contributed by atoms with Crippen molar-refractivity contribution in [3.05, 3.63) is 65.7 Å². The van der Waals surface area contributed by atoms with Crippen molar-refractivity contribution in [2.24, 2.45) is 0 Å². The van der Waals surface area contributed by atoms with E-state index in [2.05, 4.69) is 0 Å². The quantitative estimate of drug-likeness (QED) is 0.676. The fourth-order valence-corrected chi connectivity index (χ4v) is 2.81. The van der Waals surface area contributed by atoms with Crippen LogP contribution >= 0.6 is 0 Å². The van der Waals surface area contributed by atoms with Gasteiger partial charge < -0.3 is 18.9 Å². The largest absolute Gasteiger partial charge is 0.496 e. The SMILES string of the molecule is COc1cc2ccccc2cc1C(=O)OCc1ccc2c(c1)OCO2. The van der Waals surface area contributed by atoms with E-state index in [9.17, 15) is 4.79 Å². The lowest BCUT2D eigenvalue weighted by Gasteiger charge is -2.11. The summed E-state index contributed by atoms with van der Waals surface area (Å²) in [6, 6.07) is 16.9. The van der Waals surface area contributed by atoms with E-state index in [1.54, 1.807) is 13.2 Å². The van der Waals surface area contributed by atoms with Crippen molar-refractivity contribution in [3.63, 3.8) is 0 Å². The summed E-state index contributed by atoms with van der Waals surface area (Å²) < 4.78 is 21.4. The van der Waals surface area contributed by atoms with Crippen LogP contribution in [0.1, 0.15) is 15.9 Å². The molecule has 1 aliphatic rings. The highest BCUT2D eigenvalue weighted by Gasteiger charge is 2.17. The molecule has 0 aromatic heterocycles. The van der Waals surface area contributed by atoms with Gasteiger partial charge in [0.25, 0.3) is 0 Å². The molecule has 0 atom stereocenters. The van der Waals surface area contributed by atoms with E-state index in [0.717, 1.165) is 16.3 Å². The Morgan fingerprint density at radius 2 is 1.76 bits per heavy atom. The van der Waals surface area contributed by atoms with Gasteiger partial charge in [-0.2, -0.15) is 0 Å². The van der Waals surface area contributed by atoms with E-state index >= 15 is 0 Å². The molecule has 0 amide bonds. The molecule has 0 N–H and O–H groups in total. The van der Waals surface area contributed by atoms with E-state index in [4.69, 9.17) is 18.9 Å². The monoisotopic (exact) mass is 336 g/mol. The highest BCUT2D eigenvalue weighted by Crippen LogP contribution is 2.33. The first kappa shape index (κ1) is 15.3. The van der Waals surface area contributed by atoms with Gasteiger partial charge in [-0.1, -0.05) is 30.3 Å². The minimum absolute atomic E-state index is 0.144. The first-order valence-corrected chi connectivity index (χ1v) is 7.87. The number of benzene rings is 3. The van der Waals surface area contributed by atoms with Crippen LogP contribution in [0.4, 0.5) is 0 Å². The Bertz CT molecular complexity index is 948. The maximum absolute atomic E-state index is 12.5. The molecule has 0 saturated carbocycles. The number of esters is 1. The van der Waals surface area contributed by atoms with Crippen molar-refractivity contribution in [2.45, 2.75) is 6.61 Å². The molecule has 5 nitrogen and oxygen atoms in total. The first-order chi connectivity index (χ1) is 12.2. The van der Waals surface area contributed by atoms with E-state index in [1.807, 2.05) is 48.5 Å². The molecule has 1 heterocycles. The molecule has 0 radical (unpaired) electrons. The van der Waals surface area contributed by atoms with Crippen LogP contribution in [0.15, 0.2) is 54.6 Å². The smallest absolute Gasteiger partial charge is 0.342 e. The van der Waals surface area contributed by atoms with Crippen molar-refractivity contribution in [1.82, 2.24) is 0 Å². The molecule has 0 aliphatic carbocycles. The van der Waals surface area contributed by atoms with Gasteiger partial charge in [-0.15, -0.1) is 0 Å². The summed E-state index contributed by atoms with van der Waals surface area (Å²) in [7, 11) is 1.54. The van der Waals surface area contributed by atoms with Crippen LogP contribution in [-0.2, 0) is 11.3 Å². The molecule has 5 heteroatoms. The van der Waals surface area contributed by atoms with Gasteiger partial charge in [-0.3, -0.25) is 0 Å². The van der Waals surface area contributed by atoms with Crippen LogP contribution in [-0.4, -0.2) is 19.9 Å². The predicted octanol–water partition coefficient (Wildman–Crippen LogP) is 3.93. The molecule has 0 saturated heterocycles. The van der Waals surface area contributed by atoms with Crippen molar-refractivity contribution >= 4 is 16.7 Å². The molecule has 0 spiro atoms. The minimum atomic E-state index is -0.430. The van der Waals surface area contributed by atoms with Crippen LogP contribution in [0.25, 0.3) is 10.8 Å². The van der Waals surface area contributed by atoms with Crippen LogP contribution < -0.4 is 14.2 Å². The maximum Gasteiger partial charge on any atom is 0.342 e. The number of rotatable bonds is 4. The van der Waals surface area contributed by atoms with Gasteiger partial charge in [0.05, 0.1) is 7.11 Å². The van der Waals surface area contributed by atoms with Gasteiger partial charge in [0, 0.05) is 0 Å². The van der Waals surface area contributed by atoms with Crippen LogP contribution in [0.5, 0.6) is 17.2 Å². The fourth-order valence-electron chi connectivity index (χ4n) is 2.81. The van der Waals surface area contributed by atoms with Crippen LogP contribution in [0.3, 0.4) is 0 Å². The van der Waals surface area contributed by atoms with Gasteiger partial charge in [0.2, 0.25) is 6.79 Å². The van der Waals surface area contributed by atoms with Crippen LogP contribution in [0, 0.1) is 0 Å². The Balaban J connectivity index is 1.55. The second kappa shape index (κ2) is 6.36. The lowest BCUT2D eigenvalue weighted by Crippen LogP contribution is -2.07. The van der Waals surface area contributed by atoms with Gasteiger partial charge in [-0.05, 0) is 40.6 Å². The third-order valence-corrected chi connectivity index (χ3v) is 4.09. The third kappa shape index (κ3) is 2.96. The molecule has 1 aliphatic heterocycles. The van der Waals surface area contributed by atoms with Crippen molar-refractivity contribution in [2.75, 3.05) is 13.9 Å². The number of hydrogen-bond acceptors (Lipinski definition) is 5. The van der Waals surface area contributed by atoms with Crippen molar-refractivity contribution in [1.29, 1.82) is 0 Å². The number of hydrogen-bond donors (Lipinski definition) is 0. The summed E-state index contributed by atoms with van der Waals surface area (Å²) in [5.74, 6) is 1.43. The zero-order valence-corrected chi connectivity index (χ0v) is 13.7. The number of carbonyl (C=O) groups excluding carboxylic acids is 1. The molecule has 0 unspecified atom stereocenters. The van der Waals surface area contributed by atoms with Gasteiger partial charge >= 0.3 is 5.97 Å². The molecule has 4 rings (SSSR count). The van der Waals surface area contributed by atoms with Crippen molar-refractivity contribution in [3.8, 4) is 17.2 Å². The number of carbonyl (C=O) groups is 1. The number of fused-ring (bicyclic) bond motifs is 2. The number of methoxy groups -OCH3 is 1. The summed E-state index contributed by atoms with van der Waals surface area (Å²) in [5.41, 5.74) is 1.24. The Labute approximate surface area is 144 Å². The zero-order chi connectivity index (χ0) is 17.2. The first-order valence-electron chi connectivity index (χ1n) is 7.87. The van der Waals surface area contributed by atoms with Gasteiger partial charge in [-0.25, -0.2) is 4.79 Å². The topological polar surface area (TPSA) is 54.0 Å². The summed E-state index contributed by atoms with van der Waals surface area (Å²) in [4.78, 5) is 12.5. The van der Waals surface area contributed by atoms with Crippen LogP contribution in [0.2, 0.25) is 0 Å². The second-order valence-electron chi connectivity index (χ2n) is 5.66. The Kier molecular flexibility index (Phi) is 3.90. The van der Waals surface area contributed by atoms with E-state index in [-0.39, 0.29) is 13.4 Å². The summed E-state index contributed by atoms with van der Waals surface area (Å²) in [6.07, 6.45) is 0. The average molecular weight is 336 g/mol. The normalized spacial score (nSPS) is 12.2. The Morgan fingerprint density at radius 1 is 1.00 bits per heavy atom. The van der Waals surface area contributed by atoms with E-state index in [1.165, 1.54) is 0 Å². The zero-order valence-electron chi connectivity index (χ0n) is 13.7. The molecule has 3 aromatic rings. The van der Waals surface area contributed by atoms with Crippen molar-refractivity contribution < 1.29 is 23.7 Å². The molecule has 126 valence electrons. The van der Waals surface area contributed by atoms with E-state index < -0.39 is 5.97 Å². The lowest BCUT2D eigenvalue weighted by molar-refractivity contribution is 0.0469. The molecular formula is C20H16O5. The molecular weight excluding hydrogens is 320 g/mol. The molecule has 0 bridgehead atoms. The molecule has 25 heavy (non-hydrogen) atoms. The van der Waals surface area contributed by atoms with Gasteiger partial charge in [0.1, 0.15) is 17.9 Å². The second-order valence-corrected chi connectivity index (χ2v) is 5.66. The third-order valence-electron chi connectivity index (χ3n) is 4.09. The summed E-state index contributed by atoms with van der Waals surface area (Å²) in [6.45, 7) is 0.359. The van der Waals surface area contributed by atoms with E-state index in [0.29, 0.717) is 22.8 Å². The highest BCUT2D eigenvalue weighted by molar-refractivity contribution is 5.98. The lowest BCUT2D eigenvalue weighted by atomic mass is 10.1. The fraction of sp³-hybridized carbons (Fsp3) is 0.150. The summed E-state index contributed by atoms with van der Waals surface area (Å²) >= 11 is 0. The molecule has 0 fully saturated rings. The minimum Gasteiger partial charge on any atom is -0.496 e. The maximum atomic E-state index is 12.5. The molecule has 3 aromatic carbocycles. The highest BCUT2D eigenvalue weighted by atomic mass is 16.7. The summed E-state index contributed by atoms with van der Waals surface area (Å²) in [5, 5.41) is 1.96. The standard InChI is InChI=1S/C20H16O5/c1-22-18-10-15-5-3-2-4-14(15)9-16(18)20(21)23-11-13-6-7-17-19(8-13)25-12-24-17/h2-10H,11-12H2,1H3. The average Bonchev–Trinajstić information content (AvgIpc) is 3.12. The Morgan fingerprint density at radius 3 is 2.56 bits per heavy atom. The number of ether oxygens (including phenoxy) is 4. The predicted molar refractivity (Wildman–Crippen MR) is 92.2 cm³/mol. The van der Waals surface area contributed by atoms with Gasteiger partial charge in [0.15, 0.2) is 11.5 Å². The Hall–Kier alpha value is -3.21.